The summed E-state index contributed by atoms with van der Waals surface area (Å²) in [7, 11) is 1.84. The molecule has 1 aromatic rings. The van der Waals surface area contributed by atoms with Crippen LogP contribution in [0, 0.1) is 0 Å². The maximum Gasteiger partial charge on any atom is 0.315 e. The average molecular weight is 321 g/mol. The lowest BCUT2D eigenvalue weighted by atomic mass is 10.0. The minimum absolute atomic E-state index is 0.123. The van der Waals surface area contributed by atoms with Gasteiger partial charge < -0.3 is 15.5 Å². The Kier molecular flexibility index (Phi) is 6.01. The number of hydrogen-bond acceptors (Lipinski definition) is 3. The van der Waals surface area contributed by atoms with Gasteiger partial charge in [-0.25, -0.2) is 4.79 Å². The number of aromatic nitrogens is 2. The smallest absolute Gasteiger partial charge is 0.315 e. The molecular weight excluding hydrogens is 294 g/mol. The van der Waals surface area contributed by atoms with Crippen molar-refractivity contribution < 1.29 is 9.59 Å². The lowest BCUT2D eigenvalue weighted by Crippen LogP contribution is -2.44. The summed E-state index contributed by atoms with van der Waals surface area (Å²) < 4.78 is 1.70. The summed E-state index contributed by atoms with van der Waals surface area (Å²) in [5, 5.41) is 9.68. The lowest BCUT2D eigenvalue weighted by Gasteiger charge is -2.33. The molecule has 7 nitrogen and oxygen atoms in total. The fraction of sp³-hybridized carbons (Fsp3) is 0.688. The van der Waals surface area contributed by atoms with E-state index in [2.05, 4.69) is 22.7 Å². The number of piperidine rings is 1. The number of urea groups is 1. The second-order valence-corrected chi connectivity index (χ2v) is 6.25. The summed E-state index contributed by atoms with van der Waals surface area (Å²) in [5.41, 5.74) is 0.945. The Balaban J connectivity index is 1.69. The largest absolute Gasteiger partial charge is 0.340 e. The van der Waals surface area contributed by atoms with Gasteiger partial charge in [-0.05, 0) is 33.1 Å². The van der Waals surface area contributed by atoms with Crippen molar-refractivity contribution >= 4 is 11.9 Å². The average Bonchev–Trinajstić information content (AvgIpc) is 2.94. The van der Waals surface area contributed by atoms with Crippen LogP contribution in [0.3, 0.4) is 0 Å². The van der Waals surface area contributed by atoms with E-state index in [0.717, 1.165) is 24.9 Å². The number of rotatable bonds is 5. The molecule has 0 spiro atoms. The van der Waals surface area contributed by atoms with E-state index in [4.69, 9.17) is 0 Å². The molecule has 0 radical (unpaired) electrons. The molecule has 0 unspecified atom stereocenters. The van der Waals surface area contributed by atoms with Gasteiger partial charge in [-0.15, -0.1) is 0 Å². The van der Waals surface area contributed by atoms with E-state index >= 15 is 0 Å². The molecule has 2 N–H and O–H groups in total. The topological polar surface area (TPSA) is 79.3 Å². The molecule has 2 rings (SSSR count). The number of carbonyl (C=O) groups excluding carboxylic acids is 2. The number of carbonyl (C=O) groups is 2. The van der Waals surface area contributed by atoms with Gasteiger partial charge in [0.2, 0.25) is 5.91 Å². The minimum Gasteiger partial charge on any atom is -0.340 e. The van der Waals surface area contributed by atoms with Gasteiger partial charge >= 0.3 is 6.03 Å². The first-order chi connectivity index (χ1) is 11.0. The van der Waals surface area contributed by atoms with Gasteiger partial charge in [0.1, 0.15) is 0 Å². The number of nitrogens with zero attached hydrogens (tertiary/aromatic N) is 3. The van der Waals surface area contributed by atoms with Crippen molar-refractivity contribution in [1.29, 1.82) is 0 Å². The minimum atomic E-state index is -0.263. The molecule has 0 aromatic carbocycles. The van der Waals surface area contributed by atoms with Gasteiger partial charge in [-0.3, -0.25) is 9.48 Å². The Bertz CT molecular complexity index is 542. The number of aryl methyl sites for hydroxylation is 1. The zero-order valence-corrected chi connectivity index (χ0v) is 14.2. The molecule has 2 atom stereocenters. The van der Waals surface area contributed by atoms with Gasteiger partial charge in [-0.2, -0.15) is 5.10 Å². The second-order valence-electron chi connectivity index (χ2n) is 6.25. The zero-order chi connectivity index (χ0) is 16.8. The van der Waals surface area contributed by atoms with E-state index in [1.165, 1.54) is 6.42 Å². The molecule has 1 aliphatic heterocycles. The molecule has 1 fully saturated rings. The normalized spacial score (nSPS) is 19.3. The summed E-state index contributed by atoms with van der Waals surface area (Å²) in [6, 6.07) is -0.0713. The summed E-state index contributed by atoms with van der Waals surface area (Å²) in [4.78, 5) is 26.0. The summed E-state index contributed by atoms with van der Waals surface area (Å²) in [6.45, 7) is 5.18. The highest BCUT2D eigenvalue weighted by molar-refractivity contribution is 5.78. The molecule has 1 aliphatic rings. The van der Waals surface area contributed by atoms with Crippen molar-refractivity contribution in [3.05, 3.63) is 18.0 Å². The molecule has 128 valence electrons. The van der Waals surface area contributed by atoms with Crippen LogP contribution in [0.1, 0.15) is 51.1 Å². The van der Waals surface area contributed by atoms with Crippen molar-refractivity contribution in [3.63, 3.8) is 0 Å². The van der Waals surface area contributed by atoms with Crippen LogP contribution in [-0.2, 0) is 11.8 Å². The standard InChI is InChI=1S/C16H27N5O2/c1-12-6-4-5-9-21(12)15(22)7-8-17-16(23)19-13(2)14-10-18-20(3)11-14/h10-13H,4-9H2,1-3H3,(H2,17,19,23)/t12-,13-/m0/s1. The van der Waals surface area contributed by atoms with Crippen molar-refractivity contribution in [2.45, 2.75) is 51.6 Å². The lowest BCUT2D eigenvalue weighted by molar-refractivity contribution is -0.134. The zero-order valence-electron chi connectivity index (χ0n) is 14.2. The van der Waals surface area contributed by atoms with Crippen LogP contribution in [-0.4, -0.2) is 45.8 Å². The number of hydrogen-bond donors (Lipinski definition) is 2. The van der Waals surface area contributed by atoms with Crippen LogP contribution in [0.4, 0.5) is 4.79 Å². The fourth-order valence-corrected chi connectivity index (χ4v) is 2.89. The quantitative estimate of drug-likeness (QED) is 0.864. The molecule has 2 heterocycles. The highest BCUT2D eigenvalue weighted by atomic mass is 16.2. The Morgan fingerprint density at radius 2 is 2.22 bits per heavy atom. The number of likely N-dealkylation sites (tertiary alicyclic amines) is 1. The Morgan fingerprint density at radius 3 is 2.87 bits per heavy atom. The van der Waals surface area contributed by atoms with E-state index in [1.807, 2.05) is 25.1 Å². The molecule has 1 aromatic heterocycles. The second kappa shape index (κ2) is 7.99. The van der Waals surface area contributed by atoms with Gasteiger partial charge in [0.05, 0.1) is 12.2 Å². The van der Waals surface area contributed by atoms with Crippen LogP contribution in [0.2, 0.25) is 0 Å². The van der Waals surface area contributed by atoms with Gasteiger partial charge in [0, 0.05) is 44.4 Å². The number of nitrogens with one attached hydrogen (secondary N) is 2. The predicted molar refractivity (Wildman–Crippen MR) is 87.8 cm³/mol. The van der Waals surface area contributed by atoms with E-state index in [1.54, 1.807) is 10.9 Å². The van der Waals surface area contributed by atoms with E-state index in [-0.39, 0.29) is 18.0 Å². The third-order valence-electron chi connectivity index (χ3n) is 4.32. The predicted octanol–water partition coefficient (Wildman–Crippen LogP) is 1.57. The van der Waals surface area contributed by atoms with Crippen molar-refractivity contribution in [1.82, 2.24) is 25.3 Å². The molecular formula is C16H27N5O2. The van der Waals surface area contributed by atoms with Gasteiger partial charge in [0.15, 0.2) is 0 Å². The number of amides is 3. The van der Waals surface area contributed by atoms with Gasteiger partial charge in [0.25, 0.3) is 0 Å². The van der Waals surface area contributed by atoms with Crippen LogP contribution in [0.5, 0.6) is 0 Å². The van der Waals surface area contributed by atoms with Crippen LogP contribution >= 0.6 is 0 Å². The van der Waals surface area contributed by atoms with Crippen LogP contribution < -0.4 is 10.6 Å². The van der Waals surface area contributed by atoms with Crippen LogP contribution in [0.25, 0.3) is 0 Å². The maximum atomic E-state index is 12.2. The summed E-state index contributed by atoms with van der Waals surface area (Å²) in [5.74, 6) is 0.123. The molecule has 1 saturated heterocycles. The Labute approximate surface area is 137 Å². The first kappa shape index (κ1) is 17.3. The third kappa shape index (κ3) is 4.97. The molecule has 23 heavy (non-hydrogen) atoms. The first-order valence-electron chi connectivity index (χ1n) is 8.29. The SMILES string of the molecule is C[C@H](NC(=O)NCCC(=O)N1CCCC[C@@H]1C)c1cnn(C)c1. The fourth-order valence-electron chi connectivity index (χ4n) is 2.89. The van der Waals surface area contributed by atoms with Crippen molar-refractivity contribution in [2.75, 3.05) is 13.1 Å². The summed E-state index contributed by atoms with van der Waals surface area (Å²) in [6.07, 6.45) is 7.28. The molecule has 0 aliphatic carbocycles. The highest BCUT2D eigenvalue weighted by Crippen LogP contribution is 2.17. The van der Waals surface area contributed by atoms with Crippen molar-refractivity contribution in [2.24, 2.45) is 7.05 Å². The Hall–Kier alpha value is -2.05. The molecule has 0 bridgehead atoms. The third-order valence-corrected chi connectivity index (χ3v) is 4.32. The Morgan fingerprint density at radius 1 is 1.43 bits per heavy atom. The van der Waals surface area contributed by atoms with E-state index in [0.29, 0.717) is 19.0 Å². The molecule has 0 saturated carbocycles. The van der Waals surface area contributed by atoms with Crippen molar-refractivity contribution in [3.8, 4) is 0 Å². The van der Waals surface area contributed by atoms with Crippen LogP contribution in [0.15, 0.2) is 12.4 Å². The molecule has 3 amide bonds. The highest BCUT2D eigenvalue weighted by Gasteiger charge is 2.22. The summed E-state index contributed by atoms with van der Waals surface area (Å²) >= 11 is 0. The van der Waals surface area contributed by atoms with Gasteiger partial charge in [-0.1, -0.05) is 0 Å². The van der Waals surface area contributed by atoms with E-state index < -0.39 is 0 Å². The van der Waals surface area contributed by atoms with E-state index in [9.17, 15) is 9.59 Å². The maximum absolute atomic E-state index is 12.2. The monoisotopic (exact) mass is 321 g/mol. The first-order valence-corrected chi connectivity index (χ1v) is 8.29. The molecule has 7 heteroatoms.